The van der Waals surface area contributed by atoms with E-state index in [4.69, 9.17) is 4.52 Å². The summed E-state index contributed by atoms with van der Waals surface area (Å²) in [5.41, 5.74) is 5.44. The lowest BCUT2D eigenvalue weighted by molar-refractivity contribution is 0.0952. The van der Waals surface area contributed by atoms with Gasteiger partial charge in [-0.05, 0) is 44.0 Å². The highest BCUT2D eigenvalue weighted by Crippen LogP contribution is 2.32. The molecule has 0 aliphatic carbocycles. The van der Waals surface area contributed by atoms with E-state index < -0.39 is 0 Å². The molecule has 0 saturated heterocycles. The highest BCUT2D eigenvalue weighted by atomic mass is 32.1. The fourth-order valence-corrected chi connectivity index (χ4v) is 4.94. The Bertz CT molecular complexity index is 1450. The van der Waals surface area contributed by atoms with E-state index in [1.807, 2.05) is 35.9 Å². The van der Waals surface area contributed by atoms with Crippen molar-refractivity contribution in [3.05, 3.63) is 87.3 Å². The van der Waals surface area contributed by atoms with Gasteiger partial charge in [-0.25, -0.2) is 9.97 Å². The van der Waals surface area contributed by atoms with Crippen molar-refractivity contribution in [3.8, 4) is 11.3 Å². The molecule has 8 heteroatoms. The van der Waals surface area contributed by atoms with Crippen LogP contribution in [0.15, 0.2) is 59.6 Å². The molecule has 0 fully saturated rings. The summed E-state index contributed by atoms with van der Waals surface area (Å²) in [4.78, 5) is 24.3. The topological polar surface area (TPSA) is 85.8 Å². The van der Waals surface area contributed by atoms with E-state index in [1.165, 1.54) is 4.88 Å². The quantitative estimate of drug-likeness (QED) is 0.386. The Hall–Kier alpha value is -3.78. The molecule has 1 aromatic carbocycles. The monoisotopic (exact) mass is 457 g/mol. The lowest BCUT2D eigenvalue weighted by atomic mass is 10.1. The summed E-state index contributed by atoms with van der Waals surface area (Å²) in [6, 6.07) is 12.1. The first-order valence-corrected chi connectivity index (χ1v) is 11.5. The molecule has 0 saturated carbocycles. The van der Waals surface area contributed by atoms with E-state index in [1.54, 1.807) is 23.9 Å². The van der Waals surface area contributed by atoms with Crippen molar-refractivity contribution < 1.29 is 9.32 Å². The number of hydrogen-bond acceptors (Lipinski definition) is 6. The van der Waals surface area contributed by atoms with E-state index in [9.17, 15) is 4.79 Å². The molecule has 5 rings (SSSR count). The third-order valence-corrected chi connectivity index (χ3v) is 6.51. The molecule has 0 atom stereocenters. The molecule has 7 nitrogen and oxygen atoms in total. The maximum Gasteiger partial charge on any atom is 0.259 e. The molecule has 0 spiro atoms. The molecule has 33 heavy (non-hydrogen) atoms. The van der Waals surface area contributed by atoms with E-state index in [-0.39, 0.29) is 5.91 Å². The fourth-order valence-electron chi connectivity index (χ4n) is 4.00. The SMILES string of the molecule is Cc1cc(-c2cc(C(=O)NCc3cccc(Cn4ccnc4)c3)c3c(C)noc3n2)c(C)s1. The first-order chi connectivity index (χ1) is 16.0. The Labute approximate surface area is 195 Å². The Morgan fingerprint density at radius 3 is 2.76 bits per heavy atom. The highest BCUT2D eigenvalue weighted by Gasteiger charge is 2.20. The second-order valence-electron chi connectivity index (χ2n) is 8.07. The van der Waals surface area contributed by atoms with Crippen molar-refractivity contribution >= 4 is 28.3 Å². The van der Waals surface area contributed by atoms with Crippen molar-refractivity contribution in [2.75, 3.05) is 0 Å². The van der Waals surface area contributed by atoms with Crippen molar-refractivity contribution in [2.24, 2.45) is 0 Å². The summed E-state index contributed by atoms with van der Waals surface area (Å²) in [6.45, 7) is 7.09. The maximum absolute atomic E-state index is 13.3. The number of carbonyl (C=O) groups excluding carboxylic acids is 1. The minimum absolute atomic E-state index is 0.181. The van der Waals surface area contributed by atoms with Gasteiger partial charge in [0.25, 0.3) is 11.6 Å². The van der Waals surface area contributed by atoms with Gasteiger partial charge in [0.15, 0.2) is 0 Å². The minimum atomic E-state index is -0.181. The number of thiophene rings is 1. The molecular formula is C25H23N5O2S. The van der Waals surface area contributed by atoms with Crippen molar-refractivity contribution in [2.45, 2.75) is 33.9 Å². The largest absolute Gasteiger partial charge is 0.348 e. The Balaban J connectivity index is 1.41. The predicted octanol–water partition coefficient (Wildman–Crippen LogP) is 5.05. The molecule has 1 amide bonds. The summed E-state index contributed by atoms with van der Waals surface area (Å²) in [5, 5.41) is 7.75. The maximum atomic E-state index is 13.3. The molecule has 4 heterocycles. The van der Waals surface area contributed by atoms with Crippen LogP contribution in [0.2, 0.25) is 0 Å². The Kier molecular flexibility index (Phi) is 5.51. The molecule has 0 aliphatic rings. The van der Waals surface area contributed by atoms with Crippen LogP contribution in [0, 0.1) is 20.8 Å². The number of hydrogen-bond donors (Lipinski definition) is 1. The Morgan fingerprint density at radius 1 is 1.15 bits per heavy atom. The third-order valence-electron chi connectivity index (χ3n) is 5.55. The summed E-state index contributed by atoms with van der Waals surface area (Å²) in [7, 11) is 0. The number of nitrogens with one attached hydrogen (secondary N) is 1. The fraction of sp³-hybridized carbons (Fsp3) is 0.200. The first-order valence-electron chi connectivity index (χ1n) is 10.6. The number of nitrogens with zero attached hydrogens (tertiary/aromatic N) is 4. The van der Waals surface area contributed by atoms with Crippen LogP contribution in [0.5, 0.6) is 0 Å². The number of imidazole rings is 1. The van der Waals surface area contributed by atoms with Gasteiger partial charge in [-0.1, -0.05) is 29.4 Å². The normalized spacial score (nSPS) is 11.2. The number of aryl methyl sites for hydroxylation is 3. The molecule has 1 N–H and O–H groups in total. The average Bonchev–Trinajstić information content (AvgIpc) is 3.53. The zero-order valence-corrected chi connectivity index (χ0v) is 19.4. The van der Waals surface area contributed by atoms with Crippen LogP contribution in [0.25, 0.3) is 22.4 Å². The van der Waals surface area contributed by atoms with E-state index in [0.717, 1.165) is 28.1 Å². The van der Waals surface area contributed by atoms with Gasteiger partial charge in [-0.3, -0.25) is 4.79 Å². The van der Waals surface area contributed by atoms with Crippen molar-refractivity contribution in [3.63, 3.8) is 0 Å². The number of pyridine rings is 1. The van der Waals surface area contributed by atoms with Gasteiger partial charge in [0.05, 0.1) is 28.7 Å². The van der Waals surface area contributed by atoms with Gasteiger partial charge in [0, 0.05) is 40.8 Å². The molecule has 0 bridgehead atoms. The van der Waals surface area contributed by atoms with Crippen LogP contribution >= 0.6 is 11.3 Å². The number of aromatic nitrogens is 4. The van der Waals surface area contributed by atoms with Gasteiger partial charge in [0.1, 0.15) is 0 Å². The van der Waals surface area contributed by atoms with Gasteiger partial charge < -0.3 is 14.4 Å². The van der Waals surface area contributed by atoms with Crippen LogP contribution in [0.4, 0.5) is 0 Å². The average molecular weight is 458 g/mol. The Morgan fingerprint density at radius 2 is 2.00 bits per heavy atom. The number of rotatable bonds is 6. The van der Waals surface area contributed by atoms with Crippen molar-refractivity contribution in [1.82, 2.24) is 25.0 Å². The lowest BCUT2D eigenvalue weighted by Crippen LogP contribution is -2.23. The van der Waals surface area contributed by atoms with Crippen LogP contribution < -0.4 is 5.32 Å². The van der Waals surface area contributed by atoms with E-state index in [2.05, 4.69) is 52.5 Å². The standard InChI is InChI=1S/C25H23N5O2S/c1-15-9-20(17(3)33-15)22-11-21(23-16(2)29-32-25(23)28-22)24(31)27-12-18-5-4-6-19(10-18)13-30-8-7-26-14-30/h4-11,14H,12-13H2,1-3H3,(H,27,31). The zero-order valence-electron chi connectivity index (χ0n) is 18.6. The van der Waals surface area contributed by atoms with Crippen LogP contribution in [-0.4, -0.2) is 25.6 Å². The third kappa shape index (κ3) is 4.29. The van der Waals surface area contributed by atoms with Gasteiger partial charge in [0.2, 0.25) is 0 Å². The molecule has 0 unspecified atom stereocenters. The summed E-state index contributed by atoms with van der Waals surface area (Å²) in [5.74, 6) is -0.181. The van der Waals surface area contributed by atoms with Gasteiger partial charge >= 0.3 is 0 Å². The van der Waals surface area contributed by atoms with Gasteiger partial charge in [-0.15, -0.1) is 11.3 Å². The number of carbonyl (C=O) groups is 1. The number of amides is 1. The smallest absolute Gasteiger partial charge is 0.259 e. The second kappa shape index (κ2) is 8.63. The minimum Gasteiger partial charge on any atom is -0.348 e. The molecule has 5 aromatic rings. The molecule has 0 aliphatic heterocycles. The summed E-state index contributed by atoms with van der Waals surface area (Å²) >= 11 is 1.71. The summed E-state index contributed by atoms with van der Waals surface area (Å²) < 4.78 is 7.44. The molecule has 0 radical (unpaired) electrons. The van der Waals surface area contributed by atoms with Crippen molar-refractivity contribution in [1.29, 1.82) is 0 Å². The lowest BCUT2D eigenvalue weighted by Gasteiger charge is -2.10. The summed E-state index contributed by atoms with van der Waals surface area (Å²) in [6.07, 6.45) is 5.48. The van der Waals surface area contributed by atoms with Crippen LogP contribution in [-0.2, 0) is 13.1 Å². The highest BCUT2D eigenvalue weighted by molar-refractivity contribution is 7.12. The van der Waals surface area contributed by atoms with E-state index >= 15 is 0 Å². The number of fused-ring (bicyclic) bond motifs is 1. The second-order valence-corrected chi connectivity index (χ2v) is 9.53. The van der Waals surface area contributed by atoms with Crippen LogP contribution in [0.1, 0.15) is 36.9 Å². The zero-order chi connectivity index (χ0) is 22.9. The molecular weight excluding hydrogens is 434 g/mol. The van der Waals surface area contributed by atoms with Crippen LogP contribution in [0.3, 0.4) is 0 Å². The molecule has 166 valence electrons. The van der Waals surface area contributed by atoms with E-state index in [0.29, 0.717) is 34.6 Å². The number of benzene rings is 1. The predicted molar refractivity (Wildman–Crippen MR) is 128 cm³/mol. The molecule has 4 aromatic heterocycles. The van der Waals surface area contributed by atoms with Gasteiger partial charge in [-0.2, -0.15) is 0 Å². The first kappa shape index (κ1) is 21.1.